The minimum atomic E-state index is 0.481. The molecule has 3 rings (SSSR count). The molecule has 126 valence electrons. The molecule has 0 aromatic heterocycles. The maximum Gasteiger partial charge on any atom is 0.0121 e. The molecule has 0 saturated carbocycles. The average molecular weight is 335 g/mol. The molecule has 1 aliphatic carbocycles. The number of rotatable bonds is 6. The highest BCUT2D eigenvalue weighted by molar-refractivity contribution is 6.14. The summed E-state index contributed by atoms with van der Waals surface area (Å²) >= 11 is 0. The van der Waals surface area contributed by atoms with E-state index in [4.69, 9.17) is 0 Å². The van der Waals surface area contributed by atoms with E-state index >= 15 is 0 Å². The zero-order chi connectivity index (χ0) is 17.0. The molecule has 0 saturated heterocycles. The molecule has 1 aliphatic rings. The fourth-order valence-electron chi connectivity index (χ4n) is 4.26. The highest BCUT2D eigenvalue weighted by atomic mass is 28.1. The largest absolute Gasteiger partial charge is 0.0882 e. The second kappa shape index (κ2) is 7.52. The molecule has 1 unspecified atom stereocenters. The third-order valence-electron chi connectivity index (χ3n) is 5.24. The van der Waals surface area contributed by atoms with Crippen LogP contribution in [-0.2, 0) is 0 Å². The Morgan fingerprint density at radius 3 is 1.75 bits per heavy atom. The van der Waals surface area contributed by atoms with E-state index in [1.807, 2.05) is 0 Å². The fraction of sp³-hybridized carbons (Fsp3) is 0.391. The Kier molecular flexibility index (Phi) is 5.40. The summed E-state index contributed by atoms with van der Waals surface area (Å²) in [5.74, 6) is 1.99. The van der Waals surface area contributed by atoms with Crippen LogP contribution in [0.2, 0.25) is 5.04 Å². The van der Waals surface area contributed by atoms with Crippen LogP contribution in [0.15, 0.2) is 72.8 Å². The Morgan fingerprint density at radius 2 is 1.33 bits per heavy atom. The molecule has 0 nitrogen and oxygen atoms in total. The second-order valence-electron chi connectivity index (χ2n) is 8.43. The third kappa shape index (κ3) is 4.27. The minimum absolute atomic E-state index is 0.481. The molecule has 2 aromatic carbocycles. The molecule has 2 aromatic rings. The van der Waals surface area contributed by atoms with Gasteiger partial charge in [0.2, 0.25) is 0 Å². The smallest absolute Gasteiger partial charge is 0.0121 e. The van der Waals surface area contributed by atoms with Crippen LogP contribution in [-0.4, -0.2) is 10.2 Å². The molecule has 24 heavy (non-hydrogen) atoms. The summed E-state index contributed by atoms with van der Waals surface area (Å²) in [7, 11) is 1.25. The molecule has 0 heterocycles. The van der Waals surface area contributed by atoms with E-state index in [9.17, 15) is 0 Å². The molecule has 0 fully saturated rings. The number of allylic oxidation sites excluding steroid dienone is 2. The molecule has 0 bridgehead atoms. The Labute approximate surface area is 150 Å². The van der Waals surface area contributed by atoms with Crippen molar-refractivity contribution in [3.63, 3.8) is 0 Å². The Morgan fingerprint density at radius 1 is 0.875 bits per heavy atom. The van der Waals surface area contributed by atoms with Gasteiger partial charge in [-0.05, 0) is 47.3 Å². The van der Waals surface area contributed by atoms with Crippen molar-refractivity contribution in [2.75, 3.05) is 0 Å². The van der Waals surface area contributed by atoms with Crippen LogP contribution < -0.4 is 0 Å². The topological polar surface area (TPSA) is 0 Å². The van der Waals surface area contributed by atoms with Gasteiger partial charge in [-0.15, -0.1) is 0 Å². The molecule has 0 amide bonds. The lowest BCUT2D eigenvalue weighted by atomic mass is 9.70. The minimum Gasteiger partial charge on any atom is -0.0882 e. The van der Waals surface area contributed by atoms with Crippen molar-refractivity contribution in [3.05, 3.63) is 83.9 Å². The van der Waals surface area contributed by atoms with Crippen molar-refractivity contribution < 1.29 is 0 Å². The van der Waals surface area contributed by atoms with Crippen LogP contribution in [0.4, 0.5) is 0 Å². The van der Waals surface area contributed by atoms with E-state index in [1.165, 1.54) is 40.6 Å². The molecular weight excluding hydrogens is 304 g/mol. The van der Waals surface area contributed by atoms with Gasteiger partial charge in [-0.1, -0.05) is 86.7 Å². The van der Waals surface area contributed by atoms with Crippen LogP contribution in [0.25, 0.3) is 0 Å². The maximum absolute atomic E-state index is 2.45. The summed E-state index contributed by atoms with van der Waals surface area (Å²) in [6, 6.07) is 22.4. The molecule has 0 aliphatic heterocycles. The van der Waals surface area contributed by atoms with Gasteiger partial charge < -0.3 is 0 Å². The summed E-state index contributed by atoms with van der Waals surface area (Å²) < 4.78 is 0. The Bertz CT molecular complexity index is 604. The highest BCUT2D eigenvalue weighted by Gasteiger charge is 2.34. The van der Waals surface area contributed by atoms with Crippen LogP contribution in [0.3, 0.4) is 0 Å². The quantitative estimate of drug-likeness (QED) is 0.493. The second-order valence-corrected chi connectivity index (χ2v) is 11.1. The van der Waals surface area contributed by atoms with E-state index in [2.05, 4.69) is 86.7 Å². The fourth-order valence-corrected chi connectivity index (χ4v) is 4.73. The van der Waals surface area contributed by atoms with Gasteiger partial charge in [0.15, 0.2) is 0 Å². The van der Waals surface area contributed by atoms with Crippen LogP contribution in [0.5, 0.6) is 0 Å². The van der Waals surface area contributed by atoms with Crippen molar-refractivity contribution in [1.82, 2.24) is 0 Å². The lowest BCUT2D eigenvalue weighted by molar-refractivity contribution is 0.270. The number of hydrogen-bond donors (Lipinski definition) is 0. The summed E-state index contributed by atoms with van der Waals surface area (Å²) in [6.45, 7) is 4.89. The predicted molar refractivity (Wildman–Crippen MR) is 109 cm³/mol. The SMILES string of the molecule is CC(C)([SiH3])CC(C1CC=CC1)C(c1ccccc1)c1ccccc1. The lowest BCUT2D eigenvalue weighted by Gasteiger charge is -2.37. The van der Waals surface area contributed by atoms with Gasteiger partial charge >= 0.3 is 0 Å². The molecule has 0 spiro atoms. The Balaban J connectivity index is 2.03. The van der Waals surface area contributed by atoms with Crippen molar-refractivity contribution in [1.29, 1.82) is 0 Å². The third-order valence-corrected chi connectivity index (χ3v) is 5.65. The molecular formula is C23H30Si. The first kappa shape index (κ1) is 17.2. The molecule has 0 radical (unpaired) electrons. The monoisotopic (exact) mass is 334 g/mol. The van der Waals surface area contributed by atoms with Crippen molar-refractivity contribution in [2.24, 2.45) is 11.8 Å². The highest BCUT2D eigenvalue weighted by Crippen LogP contribution is 2.47. The van der Waals surface area contributed by atoms with E-state index in [-0.39, 0.29) is 0 Å². The van der Waals surface area contributed by atoms with E-state index < -0.39 is 0 Å². The number of benzene rings is 2. The standard InChI is InChI=1S/C23H30Si/c1-23(2,24)17-21(18-11-9-10-12-18)22(19-13-5-3-6-14-19)20-15-7-4-8-16-20/h3-10,13-16,18,21-22H,11-12,17H2,1-2,24H3. The van der Waals surface area contributed by atoms with Gasteiger partial charge in [-0.2, -0.15) is 0 Å². The zero-order valence-corrected chi connectivity index (χ0v) is 17.3. The summed E-state index contributed by atoms with van der Waals surface area (Å²) in [5, 5.41) is 0.481. The van der Waals surface area contributed by atoms with Gasteiger partial charge in [0.05, 0.1) is 0 Å². The first-order valence-electron chi connectivity index (χ1n) is 9.29. The van der Waals surface area contributed by atoms with Gasteiger partial charge in [0.1, 0.15) is 0 Å². The van der Waals surface area contributed by atoms with Crippen LogP contribution >= 0.6 is 0 Å². The van der Waals surface area contributed by atoms with Gasteiger partial charge in [-0.25, -0.2) is 0 Å². The Hall–Kier alpha value is -1.60. The van der Waals surface area contributed by atoms with Gasteiger partial charge in [-0.3, -0.25) is 0 Å². The molecule has 1 atom stereocenters. The predicted octanol–water partition coefficient (Wildman–Crippen LogP) is 5.35. The van der Waals surface area contributed by atoms with Crippen molar-refractivity contribution in [3.8, 4) is 0 Å². The lowest BCUT2D eigenvalue weighted by Crippen LogP contribution is -2.25. The van der Waals surface area contributed by atoms with E-state index in [0.717, 1.165) is 5.92 Å². The normalized spacial score (nSPS) is 16.8. The maximum atomic E-state index is 2.45. The van der Waals surface area contributed by atoms with E-state index in [0.29, 0.717) is 16.9 Å². The summed E-state index contributed by atoms with van der Waals surface area (Å²) in [5.41, 5.74) is 2.96. The first-order valence-corrected chi connectivity index (χ1v) is 10.3. The zero-order valence-electron chi connectivity index (χ0n) is 15.3. The number of hydrogen-bond acceptors (Lipinski definition) is 0. The summed E-state index contributed by atoms with van der Waals surface area (Å²) in [4.78, 5) is 0. The van der Waals surface area contributed by atoms with Crippen LogP contribution in [0.1, 0.15) is 50.2 Å². The average Bonchev–Trinajstić information content (AvgIpc) is 3.09. The van der Waals surface area contributed by atoms with Crippen molar-refractivity contribution >= 4 is 10.2 Å². The molecule has 1 heteroatoms. The van der Waals surface area contributed by atoms with Crippen molar-refractivity contribution in [2.45, 2.75) is 44.1 Å². The molecule has 0 N–H and O–H groups in total. The summed E-state index contributed by atoms with van der Waals surface area (Å²) in [6.07, 6.45) is 8.60. The van der Waals surface area contributed by atoms with Crippen LogP contribution in [0, 0.1) is 11.8 Å². The first-order chi connectivity index (χ1) is 11.5. The van der Waals surface area contributed by atoms with E-state index in [1.54, 1.807) is 0 Å². The van der Waals surface area contributed by atoms with Gasteiger partial charge in [0, 0.05) is 16.2 Å². The van der Waals surface area contributed by atoms with Gasteiger partial charge in [0.25, 0.3) is 0 Å².